The Hall–Kier alpha value is -1.84. The van der Waals surface area contributed by atoms with Crippen LogP contribution in [0.5, 0.6) is 0 Å². The molecule has 0 bridgehead atoms. The van der Waals surface area contributed by atoms with Crippen LogP contribution in [-0.2, 0) is 16.1 Å². The number of carbonyl (C=O) groups is 2. The maximum Gasteiger partial charge on any atom is 0.235 e. The summed E-state index contributed by atoms with van der Waals surface area (Å²) in [6.07, 6.45) is 5.60. The topological polar surface area (TPSA) is 58.2 Å². The summed E-state index contributed by atoms with van der Waals surface area (Å²) in [5.41, 5.74) is -0.0222. The minimum atomic E-state index is -1.05. The second-order valence-corrected chi connectivity index (χ2v) is 6.60. The number of benzene rings is 1. The van der Waals surface area contributed by atoms with Gasteiger partial charge in [-0.3, -0.25) is 9.59 Å². The summed E-state index contributed by atoms with van der Waals surface area (Å²) in [5, 5.41) is 5.90. The third-order valence-electron chi connectivity index (χ3n) is 4.37. The fourth-order valence-corrected chi connectivity index (χ4v) is 2.72. The first kappa shape index (κ1) is 16.5. The lowest BCUT2D eigenvalue weighted by atomic mass is 9.89. The van der Waals surface area contributed by atoms with Crippen molar-refractivity contribution in [2.45, 2.75) is 58.5 Å². The molecule has 2 rings (SSSR count). The molecule has 0 atom stereocenters. The summed E-state index contributed by atoms with van der Waals surface area (Å²) in [4.78, 5) is 24.8. The first-order valence-corrected chi connectivity index (χ1v) is 8.13. The molecule has 1 aliphatic rings. The first-order valence-electron chi connectivity index (χ1n) is 8.13. The van der Waals surface area contributed by atoms with Gasteiger partial charge < -0.3 is 10.6 Å². The van der Waals surface area contributed by atoms with Crippen LogP contribution in [0.15, 0.2) is 30.3 Å². The number of hydrogen-bond acceptors (Lipinski definition) is 2. The predicted molar refractivity (Wildman–Crippen MR) is 87.1 cm³/mol. The summed E-state index contributed by atoms with van der Waals surface area (Å²) in [7, 11) is 0. The highest BCUT2D eigenvalue weighted by atomic mass is 16.2. The van der Waals surface area contributed by atoms with Gasteiger partial charge in [0.25, 0.3) is 0 Å². The van der Waals surface area contributed by atoms with Crippen LogP contribution in [0.3, 0.4) is 0 Å². The Morgan fingerprint density at radius 2 is 1.68 bits per heavy atom. The molecule has 4 heteroatoms. The summed E-state index contributed by atoms with van der Waals surface area (Å²) in [6, 6.07) is 9.94. The van der Waals surface area contributed by atoms with Gasteiger partial charge in [-0.05, 0) is 32.3 Å². The molecular weight excluding hydrogens is 276 g/mol. The Morgan fingerprint density at radius 1 is 1.05 bits per heavy atom. The lowest BCUT2D eigenvalue weighted by Crippen LogP contribution is -2.50. The third kappa shape index (κ3) is 4.33. The Morgan fingerprint density at radius 3 is 2.32 bits per heavy atom. The number of amides is 2. The van der Waals surface area contributed by atoms with Crippen molar-refractivity contribution >= 4 is 11.8 Å². The van der Waals surface area contributed by atoms with Crippen molar-refractivity contribution in [2.24, 2.45) is 5.41 Å². The SMILES string of the molecule is CC(C)(C(=O)NCc1ccccc1)C(=O)NC1CCCCC1. The average Bonchev–Trinajstić information content (AvgIpc) is 2.54. The van der Waals surface area contributed by atoms with E-state index in [1.807, 2.05) is 30.3 Å². The van der Waals surface area contributed by atoms with Crippen molar-refractivity contribution in [1.82, 2.24) is 10.6 Å². The highest BCUT2D eigenvalue weighted by molar-refractivity contribution is 6.04. The number of hydrogen-bond donors (Lipinski definition) is 2. The summed E-state index contributed by atoms with van der Waals surface area (Å²) in [6.45, 7) is 3.82. The van der Waals surface area contributed by atoms with Crippen LogP contribution in [0.1, 0.15) is 51.5 Å². The molecule has 22 heavy (non-hydrogen) atoms. The van der Waals surface area contributed by atoms with Gasteiger partial charge >= 0.3 is 0 Å². The van der Waals surface area contributed by atoms with Gasteiger partial charge in [0.15, 0.2) is 0 Å². The molecule has 120 valence electrons. The first-order chi connectivity index (χ1) is 10.5. The van der Waals surface area contributed by atoms with E-state index >= 15 is 0 Å². The maximum absolute atomic E-state index is 12.4. The zero-order chi connectivity index (χ0) is 16.0. The van der Waals surface area contributed by atoms with Crippen molar-refractivity contribution < 1.29 is 9.59 Å². The van der Waals surface area contributed by atoms with E-state index in [0.29, 0.717) is 6.54 Å². The van der Waals surface area contributed by atoms with Crippen LogP contribution in [0, 0.1) is 5.41 Å². The molecule has 1 aliphatic carbocycles. The molecule has 0 aliphatic heterocycles. The molecule has 0 spiro atoms. The molecule has 1 saturated carbocycles. The van der Waals surface area contributed by atoms with Crippen molar-refractivity contribution in [3.8, 4) is 0 Å². The van der Waals surface area contributed by atoms with Gasteiger partial charge in [-0.2, -0.15) is 0 Å². The smallest absolute Gasteiger partial charge is 0.235 e. The van der Waals surface area contributed by atoms with Crippen LogP contribution in [0.25, 0.3) is 0 Å². The van der Waals surface area contributed by atoms with Crippen molar-refractivity contribution in [3.63, 3.8) is 0 Å². The standard InChI is InChI=1S/C18H26N2O2/c1-18(2,17(22)20-15-11-7-4-8-12-15)16(21)19-13-14-9-5-3-6-10-14/h3,5-6,9-10,15H,4,7-8,11-13H2,1-2H3,(H,19,21)(H,20,22). The van der Waals surface area contributed by atoms with E-state index in [4.69, 9.17) is 0 Å². The van der Waals surface area contributed by atoms with E-state index < -0.39 is 5.41 Å². The number of rotatable bonds is 5. The fraction of sp³-hybridized carbons (Fsp3) is 0.556. The van der Waals surface area contributed by atoms with E-state index in [0.717, 1.165) is 31.2 Å². The van der Waals surface area contributed by atoms with Crippen LogP contribution >= 0.6 is 0 Å². The molecule has 0 saturated heterocycles. The number of carbonyl (C=O) groups excluding carboxylic acids is 2. The fourth-order valence-electron chi connectivity index (χ4n) is 2.72. The lowest BCUT2D eigenvalue weighted by Gasteiger charge is -2.28. The second-order valence-electron chi connectivity index (χ2n) is 6.60. The van der Waals surface area contributed by atoms with Crippen molar-refractivity contribution in [1.29, 1.82) is 0 Å². The molecule has 0 aromatic heterocycles. The van der Waals surface area contributed by atoms with Crippen LogP contribution < -0.4 is 10.6 Å². The molecule has 2 amide bonds. The van der Waals surface area contributed by atoms with E-state index in [1.165, 1.54) is 6.42 Å². The largest absolute Gasteiger partial charge is 0.352 e. The Kier molecular flexibility index (Phi) is 5.58. The zero-order valence-electron chi connectivity index (χ0n) is 13.5. The predicted octanol–water partition coefficient (Wildman–Crippen LogP) is 2.78. The minimum absolute atomic E-state index is 0.176. The third-order valence-corrected chi connectivity index (χ3v) is 4.37. The van der Waals surface area contributed by atoms with Gasteiger partial charge in [0.05, 0.1) is 0 Å². The van der Waals surface area contributed by atoms with Crippen LogP contribution in [0.2, 0.25) is 0 Å². The van der Waals surface area contributed by atoms with Crippen LogP contribution in [0.4, 0.5) is 0 Å². The van der Waals surface area contributed by atoms with Crippen LogP contribution in [-0.4, -0.2) is 17.9 Å². The van der Waals surface area contributed by atoms with Crippen molar-refractivity contribution in [2.75, 3.05) is 0 Å². The molecule has 4 nitrogen and oxygen atoms in total. The summed E-state index contributed by atoms with van der Waals surface area (Å²) in [5.74, 6) is -0.408. The molecule has 0 radical (unpaired) electrons. The Bertz CT molecular complexity index is 505. The van der Waals surface area contributed by atoms with Gasteiger partial charge in [0, 0.05) is 12.6 Å². The quantitative estimate of drug-likeness (QED) is 0.822. The van der Waals surface area contributed by atoms with E-state index in [1.54, 1.807) is 13.8 Å². The molecule has 0 unspecified atom stereocenters. The zero-order valence-corrected chi connectivity index (χ0v) is 13.5. The lowest BCUT2D eigenvalue weighted by molar-refractivity contribution is -0.142. The molecular formula is C18H26N2O2. The minimum Gasteiger partial charge on any atom is -0.352 e. The highest BCUT2D eigenvalue weighted by Crippen LogP contribution is 2.21. The second kappa shape index (κ2) is 7.43. The van der Waals surface area contributed by atoms with Gasteiger partial charge in [0.2, 0.25) is 11.8 Å². The Labute approximate surface area is 132 Å². The average molecular weight is 302 g/mol. The molecule has 1 aromatic carbocycles. The van der Waals surface area contributed by atoms with Gasteiger partial charge in [-0.1, -0.05) is 49.6 Å². The van der Waals surface area contributed by atoms with Gasteiger partial charge in [0.1, 0.15) is 5.41 Å². The maximum atomic E-state index is 12.4. The highest BCUT2D eigenvalue weighted by Gasteiger charge is 2.36. The summed E-state index contributed by atoms with van der Waals surface area (Å²) < 4.78 is 0. The number of nitrogens with one attached hydrogen (secondary N) is 2. The Balaban J connectivity index is 1.87. The normalized spacial score (nSPS) is 16.1. The monoisotopic (exact) mass is 302 g/mol. The summed E-state index contributed by atoms with van der Waals surface area (Å²) >= 11 is 0. The van der Waals surface area contributed by atoms with Gasteiger partial charge in [-0.25, -0.2) is 0 Å². The molecule has 1 fully saturated rings. The molecule has 0 heterocycles. The van der Waals surface area contributed by atoms with Crippen molar-refractivity contribution in [3.05, 3.63) is 35.9 Å². The van der Waals surface area contributed by atoms with E-state index in [2.05, 4.69) is 10.6 Å². The molecule has 2 N–H and O–H groups in total. The molecule has 1 aromatic rings. The van der Waals surface area contributed by atoms with Gasteiger partial charge in [-0.15, -0.1) is 0 Å². The van der Waals surface area contributed by atoms with E-state index in [-0.39, 0.29) is 17.9 Å². The van der Waals surface area contributed by atoms with E-state index in [9.17, 15) is 9.59 Å².